The van der Waals surface area contributed by atoms with Crippen LogP contribution in [0, 0.1) is 0 Å². The molecule has 2 aromatic carbocycles. The van der Waals surface area contributed by atoms with Crippen molar-refractivity contribution < 1.29 is 9.53 Å². The molecule has 28 heavy (non-hydrogen) atoms. The van der Waals surface area contributed by atoms with Crippen LogP contribution in [0.4, 0.5) is 5.69 Å². The molecular formula is C23H28N2O2S. The maximum atomic E-state index is 12.9. The van der Waals surface area contributed by atoms with E-state index in [0.717, 1.165) is 42.0 Å². The maximum Gasteiger partial charge on any atom is 0.241 e. The second-order valence-electron chi connectivity index (χ2n) is 7.54. The van der Waals surface area contributed by atoms with E-state index in [1.165, 1.54) is 24.3 Å². The average molecular weight is 397 g/mol. The van der Waals surface area contributed by atoms with E-state index in [1.807, 2.05) is 42.1 Å². The van der Waals surface area contributed by atoms with Gasteiger partial charge in [-0.3, -0.25) is 9.69 Å². The molecule has 0 unspecified atom stereocenters. The topological polar surface area (TPSA) is 41.6 Å². The fraction of sp³-hybridized carbons (Fsp3) is 0.435. The lowest BCUT2D eigenvalue weighted by Gasteiger charge is -2.34. The molecule has 2 fully saturated rings. The van der Waals surface area contributed by atoms with Crippen LogP contribution in [0.15, 0.2) is 48.5 Å². The average Bonchev–Trinajstić information content (AvgIpc) is 3.25. The third-order valence-corrected chi connectivity index (χ3v) is 6.86. The van der Waals surface area contributed by atoms with Gasteiger partial charge in [0.05, 0.1) is 13.2 Å². The van der Waals surface area contributed by atoms with Gasteiger partial charge in [-0.2, -0.15) is 11.8 Å². The molecule has 0 saturated carbocycles. The Labute approximate surface area is 171 Å². The zero-order valence-corrected chi connectivity index (χ0v) is 17.2. The van der Waals surface area contributed by atoms with Crippen LogP contribution in [0.2, 0.25) is 0 Å². The first-order valence-corrected chi connectivity index (χ1v) is 11.3. The van der Waals surface area contributed by atoms with Gasteiger partial charge in [0.2, 0.25) is 5.91 Å². The standard InChI is InChI=1S/C23H28N2O2S/c1-27-21-5-2-4-18(16-21)17-7-9-19(10-8-17)24-23(26)22-6-3-13-25(22)20-11-14-28-15-12-20/h2,4-5,7-10,16,20,22H,3,6,11-15H2,1H3,(H,24,26)/t22-/m0/s1. The van der Waals surface area contributed by atoms with Crippen LogP contribution < -0.4 is 10.1 Å². The number of likely N-dealkylation sites (tertiary alicyclic amines) is 1. The van der Waals surface area contributed by atoms with Crippen LogP contribution in [0.3, 0.4) is 0 Å². The molecule has 0 aliphatic carbocycles. The Morgan fingerprint density at radius 2 is 1.86 bits per heavy atom. The van der Waals surface area contributed by atoms with E-state index in [-0.39, 0.29) is 11.9 Å². The van der Waals surface area contributed by atoms with Crippen molar-refractivity contribution in [2.24, 2.45) is 0 Å². The van der Waals surface area contributed by atoms with Crippen molar-refractivity contribution in [3.05, 3.63) is 48.5 Å². The molecule has 2 aliphatic rings. The predicted octanol–water partition coefficient (Wildman–Crippen LogP) is 4.66. The minimum Gasteiger partial charge on any atom is -0.497 e. The van der Waals surface area contributed by atoms with Crippen molar-refractivity contribution in [1.82, 2.24) is 4.90 Å². The van der Waals surface area contributed by atoms with Crippen LogP contribution in [0.25, 0.3) is 11.1 Å². The fourth-order valence-electron chi connectivity index (χ4n) is 4.30. The van der Waals surface area contributed by atoms with Crippen LogP contribution in [-0.4, -0.2) is 48.1 Å². The number of hydrogen-bond donors (Lipinski definition) is 1. The van der Waals surface area contributed by atoms with Crippen molar-refractivity contribution in [1.29, 1.82) is 0 Å². The molecule has 2 saturated heterocycles. The lowest BCUT2D eigenvalue weighted by atomic mass is 10.0. The second kappa shape index (κ2) is 9.01. The Bertz CT molecular complexity index is 803. The lowest BCUT2D eigenvalue weighted by molar-refractivity contribution is -0.121. The third kappa shape index (κ3) is 4.36. The van der Waals surface area contributed by atoms with Crippen LogP contribution >= 0.6 is 11.8 Å². The van der Waals surface area contributed by atoms with Crippen LogP contribution in [-0.2, 0) is 4.79 Å². The number of carbonyl (C=O) groups is 1. The Balaban J connectivity index is 1.41. The predicted molar refractivity (Wildman–Crippen MR) is 117 cm³/mol. The molecule has 0 radical (unpaired) electrons. The number of nitrogens with zero attached hydrogens (tertiary/aromatic N) is 1. The molecule has 0 spiro atoms. The quantitative estimate of drug-likeness (QED) is 0.798. The Hall–Kier alpha value is -1.98. The zero-order chi connectivity index (χ0) is 19.3. The number of amides is 1. The van der Waals surface area contributed by atoms with Crippen molar-refractivity contribution in [2.45, 2.75) is 37.8 Å². The number of carbonyl (C=O) groups excluding carboxylic acids is 1. The van der Waals surface area contributed by atoms with Gasteiger partial charge in [-0.1, -0.05) is 24.3 Å². The molecule has 0 aromatic heterocycles. The maximum absolute atomic E-state index is 12.9. The molecule has 4 rings (SSSR count). The summed E-state index contributed by atoms with van der Waals surface area (Å²) < 4.78 is 5.31. The highest BCUT2D eigenvalue weighted by Crippen LogP contribution is 2.30. The highest BCUT2D eigenvalue weighted by atomic mass is 32.2. The molecule has 0 bridgehead atoms. The molecule has 4 nitrogen and oxygen atoms in total. The monoisotopic (exact) mass is 396 g/mol. The van der Waals surface area contributed by atoms with Gasteiger partial charge in [0.15, 0.2) is 0 Å². The zero-order valence-electron chi connectivity index (χ0n) is 16.4. The van der Waals surface area contributed by atoms with E-state index >= 15 is 0 Å². The van der Waals surface area contributed by atoms with Gasteiger partial charge in [0, 0.05) is 11.7 Å². The van der Waals surface area contributed by atoms with E-state index in [1.54, 1.807) is 7.11 Å². The fourth-order valence-corrected chi connectivity index (χ4v) is 5.38. The summed E-state index contributed by atoms with van der Waals surface area (Å²) in [4.78, 5) is 15.4. The van der Waals surface area contributed by atoms with E-state index < -0.39 is 0 Å². The van der Waals surface area contributed by atoms with Crippen molar-refractivity contribution >= 4 is 23.4 Å². The number of anilines is 1. The van der Waals surface area contributed by atoms with Gasteiger partial charge < -0.3 is 10.1 Å². The summed E-state index contributed by atoms with van der Waals surface area (Å²) in [5.41, 5.74) is 3.08. The number of ether oxygens (including phenoxy) is 1. The number of methoxy groups -OCH3 is 1. The minimum atomic E-state index is 0.0196. The summed E-state index contributed by atoms with van der Waals surface area (Å²) in [7, 11) is 1.68. The summed E-state index contributed by atoms with van der Waals surface area (Å²) in [6.45, 7) is 1.06. The van der Waals surface area contributed by atoms with Gasteiger partial charge in [-0.25, -0.2) is 0 Å². The Kier molecular flexibility index (Phi) is 6.23. The molecule has 1 atom stereocenters. The molecule has 2 aliphatic heterocycles. The van der Waals surface area contributed by atoms with Gasteiger partial charge in [-0.05, 0) is 79.1 Å². The van der Waals surface area contributed by atoms with Gasteiger partial charge in [0.25, 0.3) is 0 Å². The number of nitrogens with one attached hydrogen (secondary N) is 1. The van der Waals surface area contributed by atoms with Crippen molar-refractivity contribution in [2.75, 3.05) is 30.5 Å². The normalized spacial score (nSPS) is 20.8. The summed E-state index contributed by atoms with van der Waals surface area (Å²) in [6, 6.07) is 16.7. The first-order chi connectivity index (χ1) is 13.7. The first kappa shape index (κ1) is 19.3. The second-order valence-corrected chi connectivity index (χ2v) is 8.76. The molecule has 2 heterocycles. The van der Waals surface area contributed by atoms with Crippen molar-refractivity contribution in [3.8, 4) is 16.9 Å². The highest BCUT2D eigenvalue weighted by molar-refractivity contribution is 7.99. The van der Waals surface area contributed by atoms with E-state index in [0.29, 0.717) is 6.04 Å². The molecule has 2 aromatic rings. The summed E-state index contributed by atoms with van der Waals surface area (Å²) in [5, 5.41) is 3.14. The third-order valence-electron chi connectivity index (χ3n) is 5.81. The SMILES string of the molecule is COc1cccc(-c2ccc(NC(=O)[C@@H]3CCCN3C3CCSCC3)cc2)c1. The lowest BCUT2D eigenvalue weighted by Crippen LogP contribution is -2.46. The van der Waals surface area contributed by atoms with Gasteiger partial charge >= 0.3 is 0 Å². The molecule has 1 N–H and O–H groups in total. The molecule has 1 amide bonds. The first-order valence-electron chi connectivity index (χ1n) is 10.1. The smallest absolute Gasteiger partial charge is 0.241 e. The largest absolute Gasteiger partial charge is 0.497 e. The van der Waals surface area contributed by atoms with E-state index in [9.17, 15) is 4.79 Å². The van der Waals surface area contributed by atoms with Crippen LogP contribution in [0.1, 0.15) is 25.7 Å². The van der Waals surface area contributed by atoms with Gasteiger partial charge in [0.1, 0.15) is 5.75 Å². The molecule has 148 valence electrons. The molecular weight excluding hydrogens is 368 g/mol. The number of rotatable bonds is 5. The number of thioether (sulfide) groups is 1. The minimum absolute atomic E-state index is 0.0196. The summed E-state index contributed by atoms with van der Waals surface area (Å²) in [5.74, 6) is 3.44. The van der Waals surface area contributed by atoms with Gasteiger partial charge in [-0.15, -0.1) is 0 Å². The molecule has 5 heteroatoms. The summed E-state index contributed by atoms with van der Waals surface area (Å²) in [6.07, 6.45) is 4.52. The summed E-state index contributed by atoms with van der Waals surface area (Å²) >= 11 is 2.04. The number of hydrogen-bond acceptors (Lipinski definition) is 4. The van der Waals surface area contributed by atoms with Crippen LogP contribution in [0.5, 0.6) is 5.75 Å². The van der Waals surface area contributed by atoms with Crippen molar-refractivity contribution in [3.63, 3.8) is 0 Å². The van der Waals surface area contributed by atoms with E-state index in [2.05, 4.69) is 28.4 Å². The number of benzene rings is 2. The Morgan fingerprint density at radius 3 is 2.61 bits per heavy atom. The highest BCUT2D eigenvalue weighted by Gasteiger charge is 2.35. The van der Waals surface area contributed by atoms with E-state index in [4.69, 9.17) is 4.74 Å². The Morgan fingerprint density at radius 1 is 1.07 bits per heavy atom.